The second kappa shape index (κ2) is 2.13. The van der Waals surface area contributed by atoms with Crippen LogP contribution in [0, 0.1) is 5.41 Å². The normalized spacial score (nSPS) is 29.4. The zero-order valence-electron chi connectivity index (χ0n) is 6.57. The highest BCUT2D eigenvalue weighted by molar-refractivity contribution is 5.91. The molecule has 0 N–H and O–H groups in total. The van der Waals surface area contributed by atoms with Crippen LogP contribution in [0.3, 0.4) is 0 Å². The maximum atomic E-state index is 4.26. The van der Waals surface area contributed by atoms with Crippen LogP contribution in [-0.4, -0.2) is 12.8 Å². The Morgan fingerprint density at radius 1 is 1.44 bits per heavy atom. The van der Waals surface area contributed by atoms with Gasteiger partial charge in [-0.15, -0.1) is 0 Å². The fraction of sp³-hybridized carbons (Fsp3) is 0.875. The summed E-state index contributed by atoms with van der Waals surface area (Å²) in [5, 5.41) is 0. The zero-order chi connectivity index (χ0) is 6.91. The molecule has 1 saturated carbocycles. The van der Waals surface area contributed by atoms with Crippen molar-refractivity contribution < 1.29 is 0 Å². The van der Waals surface area contributed by atoms with E-state index in [1.807, 2.05) is 7.05 Å². The summed E-state index contributed by atoms with van der Waals surface area (Å²) >= 11 is 0. The van der Waals surface area contributed by atoms with E-state index in [-0.39, 0.29) is 0 Å². The Bertz CT molecular complexity index is 134. The Balaban J connectivity index is 2.75. The van der Waals surface area contributed by atoms with E-state index in [9.17, 15) is 0 Å². The molecule has 1 fully saturated rings. The maximum Gasteiger partial charge on any atom is 0.0276 e. The van der Waals surface area contributed by atoms with Crippen molar-refractivity contribution in [2.24, 2.45) is 10.4 Å². The highest BCUT2D eigenvalue weighted by Gasteiger charge is 2.29. The first-order valence-corrected chi connectivity index (χ1v) is 3.63. The summed E-state index contributed by atoms with van der Waals surface area (Å²) in [6, 6.07) is 0. The molecule has 0 bridgehead atoms. The molecule has 0 aromatic heterocycles. The SMILES string of the molecule is CN=C1CCCC1(C)C. The summed E-state index contributed by atoms with van der Waals surface area (Å²) in [4.78, 5) is 4.26. The van der Waals surface area contributed by atoms with Gasteiger partial charge in [0.15, 0.2) is 0 Å². The molecule has 0 atom stereocenters. The maximum absolute atomic E-state index is 4.26. The molecule has 0 aromatic carbocycles. The number of rotatable bonds is 0. The monoisotopic (exact) mass is 125 g/mol. The summed E-state index contributed by atoms with van der Waals surface area (Å²) in [6.45, 7) is 4.56. The van der Waals surface area contributed by atoms with E-state index in [4.69, 9.17) is 0 Å². The van der Waals surface area contributed by atoms with Crippen molar-refractivity contribution >= 4 is 5.71 Å². The van der Waals surface area contributed by atoms with E-state index in [1.54, 1.807) is 0 Å². The first kappa shape index (κ1) is 6.79. The van der Waals surface area contributed by atoms with Crippen LogP contribution in [0.15, 0.2) is 4.99 Å². The summed E-state index contributed by atoms with van der Waals surface area (Å²) < 4.78 is 0. The molecule has 1 heteroatoms. The van der Waals surface area contributed by atoms with Crippen molar-refractivity contribution in [2.75, 3.05) is 7.05 Å². The minimum Gasteiger partial charge on any atom is -0.297 e. The summed E-state index contributed by atoms with van der Waals surface area (Å²) in [7, 11) is 1.91. The third-order valence-corrected chi connectivity index (χ3v) is 2.27. The van der Waals surface area contributed by atoms with Crippen LogP contribution in [0.4, 0.5) is 0 Å². The number of hydrogen-bond donors (Lipinski definition) is 0. The number of hydrogen-bond acceptors (Lipinski definition) is 1. The fourth-order valence-corrected chi connectivity index (χ4v) is 1.59. The predicted molar refractivity (Wildman–Crippen MR) is 41.0 cm³/mol. The molecule has 0 spiro atoms. The van der Waals surface area contributed by atoms with Gasteiger partial charge in [0.1, 0.15) is 0 Å². The van der Waals surface area contributed by atoms with Gasteiger partial charge >= 0.3 is 0 Å². The van der Waals surface area contributed by atoms with E-state index in [0.29, 0.717) is 5.41 Å². The van der Waals surface area contributed by atoms with E-state index < -0.39 is 0 Å². The molecule has 9 heavy (non-hydrogen) atoms. The van der Waals surface area contributed by atoms with Crippen molar-refractivity contribution in [3.8, 4) is 0 Å². The van der Waals surface area contributed by atoms with Gasteiger partial charge in [0.2, 0.25) is 0 Å². The predicted octanol–water partition coefficient (Wildman–Crippen LogP) is 2.27. The third-order valence-electron chi connectivity index (χ3n) is 2.27. The van der Waals surface area contributed by atoms with Gasteiger partial charge in [0, 0.05) is 18.2 Å². The Kier molecular flexibility index (Phi) is 1.60. The lowest BCUT2D eigenvalue weighted by Gasteiger charge is -2.16. The zero-order valence-corrected chi connectivity index (χ0v) is 6.57. The topological polar surface area (TPSA) is 12.4 Å². The van der Waals surface area contributed by atoms with E-state index in [1.165, 1.54) is 25.0 Å². The molecule has 0 aromatic rings. The summed E-state index contributed by atoms with van der Waals surface area (Å²) in [5.74, 6) is 0. The molecule has 1 nitrogen and oxygen atoms in total. The molecule has 1 rings (SSSR count). The lowest BCUT2D eigenvalue weighted by Crippen LogP contribution is -2.16. The lowest BCUT2D eigenvalue weighted by molar-refractivity contribution is 0.511. The molecule has 0 amide bonds. The molecule has 52 valence electrons. The first-order chi connectivity index (χ1) is 4.17. The van der Waals surface area contributed by atoms with Crippen molar-refractivity contribution in [2.45, 2.75) is 33.1 Å². The minimum atomic E-state index is 0.411. The molecule has 1 aliphatic rings. The first-order valence-electron chi connectivity index (χ1n) is 3.63. The van der Waals surface area contributed by atoms with Crippen LogP contribution in [0.2, 0.25) is 0 Å². The van der Waals surface area contributed by atoms with Gasteiger partial charge in [0.25, 0.3) is 0 Å². The van der Waals surface area contributed by atoms with Gasteiger partial charge in [-0.3, -0.25) is 4.99 Å². The highest BCUT2D eigenvalue weighted by atomic mass is 14.7. The van der Waals surface area contributed by atoms with Crippen LogP contribution in [0.1, 0.15) is 33.1 Å². The van der Waals surface area contributed by atoms with Crippen molar-refractivity contribution in [3.05, 3.63) is 0 Å². The van der Waals surface area contributed by atoms with Crippen LogP contribution < -0.4 is 0 Å². The molecular weight excluding hydrogens is 110 g/mol. The second-order valence-electron chi connectivity index (χ2n) is 3.41. The molecule has 0 radical (unpaired) electrons. The Labute approximate surface area is 57.2 Å². The van der Waals surface area contributed by atoms with Crippen molar-refractivity contribution in [1.82, 2.24) is 0 Å². The van der Waals surface area contributed by atoms with Gasteiger partial charge < -0.3 is 0 Å². The highest BCUT2D eigenvalue weighted by Crippen LogP contribution is 2.34. The molecule has 0 aliphatic heterocycles. The molecule has 0 heterocycles. The molecule has 0 unspecified atom stereocenters. The fourth-order valence-electron chi connectivity index (χ4n) is 1.59. The van der Waals surface area contributed by atoms with Gasteiger partial charge in [0.05, 0.1) is 0 Å². The largest absolute Gasteiger partial charge is 0.297 e. The number of nitrogens with zero attached hydrogens (tertiary/aromatic N) is 1. The quantitative estimate of drug-likeness (QED) is 0.471. The van der Waals surface area contributed by atoms with Gasteiger partial charge in [-0.1, -0.05) is 13.8 Å². The van der Waals surface area contributed by atoms with E-state index in [2.05, 4.69) is 18.8 Å². The average molecular weight is 125 g/mol. The van der Waals surface area contributed by atoms with E-state index in [0.717, 1.165) is 0 Å². The Morgan fingerprint density at radius 2 is 2.11 bits per heavy atom. The van der Waals surface area contributed by atoms with Crippen LogP contribution in [-0.2, 0) is 0 Å². The standard InChI is InChI=1S/C8H15N/c1-8(2)6-4-5-7(8)9-3/h4-6H2,1-3H3. The second-order valence-corrected chi connectivity index (χ2v) is 3.41. The van der Waals surface area contributed by atoms with Gasteiger partial charge in [-0.2, -0.15) is 0 Å². The molecule has 0 saturated heterocycles. The van der Waals surface area contributed by atoms with Crippen LogP contribution >= 0.6 is 0 Å². The van der Waals surface area contributed by atoms with Gasteiger partial charge in [-0.05, 0) is 19.3 Å². The van der Waals surface area contributed by atoms with Crippen LogP contribution in [0.25, 0.3) is 0 Å². The van der Waals surface area contributed by atoms with Crippen LogP contribution in [0.5, 0.6) is 0 Å². The summed E-state index contributed by atoms with van der Waals surface area (Å²) in [5.41, 5.74) is 1.82. The Hall–Kier alpha value is -0.330. The summed E-state index contributed by atoms with van der Waals surface area (Å²) in [6.07, 6.45) is 3.88. The van der Waals surface area contributed by atoms with Gasteiger partial charge in [-0.25, -0.2) is 0 Å². The molecule has 1 aliphatic carbocycles. The average Bonchev–Trinajstić information content (AvgIpc) is 2.08. The minimum absolute atomic E-state index is 0.411. The third kappa shape index (κ3) is 1.15. The van der Waals surface area contributed by atoms with E-state index >= 15 is 0 Å². The molecular formula is C8H15N. The smallest absolute Gasteiger partial charge is 0.0276 e. The number of aliphatic imine (C=N–C) groups is 1. The lowest BCUT2D eigenvalue weighted by atomic mass is 9.90. The van der Waals surface area contributed by atoms with Crippen molar-refractivity contribution in [3.63, 3.8) is 0 Å². The Morgan fingerprint density at radius 3 is 2.33 bits per heavy atom. The van der Waals surface area contributed by atoms with Crippen molar-refractivity contribution in [1.29, 1.82) is 0 Å².